The third-order valence-electron chi connectivity index (χ3n) is 3.76. The van der Waals surface area contributed by atoms with Crippen molar-refractivity contribution in [2.75, 3.05) is 13.2 Å². The summed E-state index contributed by atoms with van der Waals surface area (Å²) in [6.45, 7) is 3.16. The van der Waals surface area contributed by atoms with Crippen LogP contribution in [0.2, 0.25) is 0 Å². The molecule has 1 aliphatic heterocycles. The molecule has 138 valence electrons. The molecular weight excluding hydrogens is 330 g/mol. The van der Waals surface area contributed by atoms with Crippen molar-refractivity contribution in [1.82, 2.24) is 5.32 Å². The Bertz CT molecular complexity index is 553. The van der Waals surface area contributed by atoms with Crippen LogP contribution in [-0.4, -0.2) is 65.3 Å². The highest BCUT2D eigenvalue weighted by atomic mass is 16.7. The van der Waals surface area contributed by atoms with Gasteiger partial charge in [0.15, 0.2) is 6.29 Å². The summed E-state index contributed by atoms with van der Waals surface area (Å²) in [7, 11) is 0. The zero-order chi connectivity index (χ0) is 18.2. The first kappa shape index (κ1) is 19.4. The van der Waals surface area contributed by atoms with E-state index in [1.807, 2.05) is 18.2 Å². The molecule has 5 atom stereocenters. The van der Waals surface area contributed by atoms with Crippen LogP contribution in [0.5, 0.6) is 0 Å². The highest BCUT2D eigenvalue weighted by Crippen LogP contribution is 2.22. The van der Waals surface area contributed by atoms with E-state index in [1.54, 1.807) is 12.1 Å². The maximum Gasteiger partial charge on any atom is 0.407 e. The summed E-state index contributed by atoms with van der Waals surface area (Å²) in [6, 6.07) is 8.02. The van der Waals surface area contributed by atoms with Gasteiger partial charge in [-0.3, -0.25) is 0 Å². The van der Waals surface area contributed by atoms with Crippen molar-refractivity contribution in [2.45, 2.75) is 37.3 Å². The number of hydrogen-bond donors (Lipinski definition) is 4. The Morgan fingerprint density at radius 3 is 2.64 bits per heavy atom. The van der Waals surface area contributed by atoms with Gasteiger partial charge in [0.25, 0.3) is 0 Å². The molecule has 0 saturated carbocycles. The van der Waals surface area contributed by atoms with E-state index in [1.165, 1.54) is 6.08 Å². The molecule has 25 heavy (non-hydrogen) atoms. The van der Waals surface area contributed by atoms with Crippen LogP contribution >= 0.6 is 0 Å². The molecule has 1 heterocycles. The second kappa shape index (κ2) is 9.50. The molecule has 0 spiro atoms. The SMILES string of the molecule is C=CCOC1O[C@H](CO)[C@@H](O)[C@H](O)[C@H]1NC(=O)OCc1ccccc1. The molecule has 8 heteroatoms. The molecule has 4 N–H and O–H groups in total. The molecule has 0 bridgehead atoms. The minimum atomic E-state index is -1.40. The molecule has 0 aromatic heterocycles. The smallest absolute Gasteiger partial charge is 0.407 e. The van der Waals surface area contributed by atoms with Crippen LogP contribution in [0, 0.1) is 0 Å². The number of amides is 1. The Labute approximate surface area is 145 Å². The Morgan fingerprint density at radius 2 is 2.00 bits per heavy atom. The number of aliphatic hydroxyl groups is 3. The first-order valence-corrected chi connectivity index (χ1v) is 7.89. The number of ether oxygens (including phenoxy) is 3. The molecule has 2 rings (SSSR count). The molecule has 1 fully saturated rings. The number of hydrogen-bond acceptors (Lipinski definition) is 7. The van der Waals surface area contributed by atoms with Crippen LogP contribution in [0.25, 0.3) is 0 Å². The van der Waals surface area contributed by atoms with Gasteiger partial charge < -0.3 is 34.8 Å². The summed E-state index contributed by atoms with van der Waals surface area (Å²) in [4.78, 5) is 12.0. The number of nitrogens with one attached hydrogen (secondary N) is 1. The molecular formula is C17H23NO7. The third kappa shape index (κ3) is 5.25. The minimum absolute atomic E-state index is 0.0519. The fourth-order valence-corrected chi connectivity index (χ4v) is 2.44. The number of rotatable bonds is 7. The fraction of sp³-hybridized carbons (Fsp3) is 0.471. The quantitative estimate of drug-likeness (QED) is 0.507. The number of carbonyl (C=O) groups is 1. The fourth-order valence-electron chi connectivity index (χ4n) is 2.44. The maximum atomic E-state index is 12.0. The zero-order valence-electron chi connectivity index (χ0n) is 13.7. The van der Waals surface area contributed by atoms with Gasteiger partial charge in [0.05, 0.1) is 13.2 Å². The number of benzene rings is 1. The summed E-state index contributed by atoms with van der Waals surface area (Å²) in [5.74, 6) is 0. The van der Waals surface area contributed by atoms with Gasteiger partial charge in [-0.05, 0) is 5.56 Å². The number of aliphatic hydroxyl groups excluding tert-OH is 3. The van der Waals surface area contributed by atoms with Crippen LogP contribution in [0.4, 0.5) is 4.79 Å². The number of alkyl carbamates (subject to hydrolysis) is 1. The summed E-state index contributed by atoms with van der Waals surface area (Å²) in [5, 5.41) is 31.8. The summed E-state index contributed by atoms with van der Waals surface area (Å²) in [5.41, 5.74) is 0.804. The molecule has 1 aromatic carbocycles. The zero-order valence-corrected chi connectivity index (χ0v) is 13.7. The van der Waals surface area contributed by atoms with Gasteiger partial charge in [-0.25, -0.2) is 4.79 Å². The van der Waals surface area contributed by atoms with Crippen molar-refractivity contribution in [3.8, 4) is 0 Å². The van der Waals surface area contributed by atoms with Gasteiger partial charge in [-0.1, -0.05) is 36.4 Å². The molecule has 0 radical (unpaired) electrons. The van der Waals surface area contributed by atoms with Gasteiger partial charge in [-0.15, -0.1) is 6.58 Å². The molecule has 1 amide bonds. The minimum Gasteiger partial charge on any atom is -0.445 e. The summed E-state index contributed by atoms with van der Waals surface area (Å²) < 4.78 is 15.9. The van der Waals surface area contributed by atoms with Crippen molar-refractivity contribution in [1.29, 1.82) is 0 Å². The maximum absolute atomic E-state index is 12.0. The van der Waals surface area contributed by atoms with E-state index in [0.717, 1.165) is 5.56 Å². The van der Waals surface area contributed by atoms with E-state index in [0.29, 0.717) is 0 Å². The second-order valence-electron chi connectivity index (χ2n) is 5.56. The average molecular weight is 353 g/mol. The second-order valence-corrected chi connectivity index (χ2v) is 5.56. The summed E-state index contributed by atoms with van der Waals surface area (Å²) >= 11 is 0. The highest BCUT2D eigenvalue weighted by Gasteiger charge is 2.45. The predicted octanol–water partition coefficient (Wildman–Crippen LogP) is -0.0770. The standard InChI is InChI=1S/C17H23NO7/c1-2-8-23-16-13(15(21)14(20)12(9-19)25-16)18-17(22)24-10-11-6-4-3-5-7-11/h2-7,12-16,19-21H,1,8-10H2,(H,18,22)/t12-,13-,14-,15-,16?/m1/s1. The van der Waals surface area contributed by atoms with E-state index in [4.69, 9.17) is 14.2 Å². The van der Waals surface area contributed by atoms with Crippen LogP contribution in [0.3, 0.4) is 0 Å². The van der Waals surface area contributed by atoms with Crippen LogP contribution < -0.4 is 5.32 Å². The topological polar surface area (TPSA) is 117 Å². The monoisotopic (exact) mass is 353 g/mol. The summed E-state index contributed by atoms with van der Waals surface area (Å²) in [6.07, 6.45) is -4.20. The number of carbonyl (C=O) groups excluding carboxylic acids is 1. The van der Waals surface area contributed by atoms with E-state index in [2.05, 4.69) is 11.9 Å². The average Bonchev–Trinajstić information content (AvgIpc) is 2.64. The van der Waals surface area contributed by atoms with Crippen molar-refractivity contribution in [2.24, 2.45) is 0 Å². The largest absolute Gasteiger partial charge is 0.445 e. The predicted molar refractivity (Wildman–Crippen MR) is 87.5 cm³/mol. The third-order valence-corrected chi connectivity index (χ3v) is 3.76. The molecule has 8 nitrogen and oxygen atoms in total. The lowest BCUT2D eigenvalue weighted by atomic mass is 9.97. The van der Waals surface area contributed by atoms with E-state index < -0.39 is 43.3 Å². The van der Waals surface area contributed by atoms with Crippen molar-refractivity contribution in [3.05, 3.63) is 48.6 Å². The van der Waals surface area contributed by atoms with Gasteiger partial charge in [0.2, 0.25) is 0 Å². The van der Waals surface area contributed by atoms with Gasteiger partial charge in [-0.2, -0.15) is 0 Å². The Balaban J connectivity index is 1.97. The molecule has 1 saturated heterocycles. The molecule has 1 aromatic rings. The Morgan fingerprint density at radius 1 is 1.28 bits per heavy atom. The highest BCUT2D eigenvalue weighted by molar-refractivity contribution is 5.67. The first-order valence-electron chi connectivity index (χ1n) is 7.89. The van der Waals surface area contributed by atoms with Crippen LogP contribution in [-0.2, 0) is 20.8 Å². The normalized spacial score (nSPS) is 29.0. The van der Waals surface area contributed by atoms with Crippen molar-refractivity contribution >= 4 is 6.09 Å². The van der Waals surface area contributed by atoms with Crippen LogP contribution in [0.1, 0.15) is 5.56 Å². The lowest BCUT2D eigenvalue weighted by molar-refractivity contribution is -0.266. The van der Waals surface area contributed by atoms with Gasteiger partial charge in [0.1, 0.15) is 31.0 Å². The van der Waals surface area contributed by atoms with E-state index >= 15 is 0 Å². The van der Waals surface area contributed by atoms with E-state index in [9.17, 15) is 20.1 Å². The van der Waals surface area contributed by atoms with Crippen LogP contribution in [0.15, 0.2) is 43.0 Å². The molecule has 1 aliphatic rings. The lowest BCUT2D eigenvalue weighted by Gasteiger charge is -2.41. The Hall–Kier alpha value is -1.97. The Kier molecular flexibility index (Phi) is 7.35. The van der Waals surface area contributed by atoms with Gasteiger partial charge >= 0.3 is 6.09 Å². The van der Waals surface area contributed by atoms with Gasteiger partial charge in [0, 0.05) is 0 Å². The molecule has 1 unspecified atom stereocenters. The van der Waals surface area contributed by atoms with E-state index in [-0.39, 0.29) is 13.2 Å². The first-order chi connectivity index (χ1) is 12.1. The molecule has 0 aliphatic carbocycles. The lowest BCUT2D eigenvalue weighted by Crippen LogP contribution is -2.64. The van der Waals surface area contributed by atoms with Crippen molar-refractivity contribution in [3.63, 3.8) is 0 Å². The van der Waals surface area contributed by atoms with Crippen molar-refractivity contribution < 1.29 is 34.3 Å².